The number of nitrogens with one attached hydrogen (secondary N) is 1. The monoisotopic (exact) mass is 376 g/mol. The zero-order chi connectivity index (χ0) is 18.6. The topological polar surface area (TPSA) is 32.3 Å². The standard InChI is InChI=1S/C23H24N2OS/c1-17-19-13-16-27-22(19)11-14-25(17)15-12-23(26)24-21-10-6-5-9-20(21)18-7-3-2-4-8-18/h2-10,13,16-17H,11-12,14-15H2,1H3,(H,24,26). The lowest BCUT2D eigenvalue weighted by Crippen LogP contribution is -2.35. The van der Waals surface area contributed by atoms with Gasteiger partial charge in [0, 0.05) is 41.7 Å². The number of fused-ring (bicyclic) bond motifs is 1. The summed E-state index contributed by atoms with van der Waals surface area (Å²) in [5, 5.41) is 5.29. The molecule has 4 heteroatoms. The van der Waals surface area contributed by atoms with E-state index >= 15 is 0 Å². The molecule has 3 aromatic rings. The maximum atomic E-state index is 12.6. The van der Waals surface area contributed by atoms with E-state index in [-0.39, 0.29) is 5.91 Å². The van der Waals surface area contributed by atoms with Crippen LogP contribution in [-0.4, -0.2) is 23.9 Å². The Hall–Kier alpha value is -2.43. The van der Waals surface area contributed by atoms with Crippen molar-refractivity contribution in [1.82, 2.24) is 4.90 Å². The minimum Gasteiger partial charge on any atom is -0.325 e. The Morgan fingerprint density at radius 1 is 1.11 bits per heavy atom. The highest BCUT2D eigenvalue weighted by Crippen LogP contribution is 2.33. The first-order chi connectivity index (χ1) is 13.2. The van der Waals surface area contributed by atoms with Crippen molar-refractivity contribution in [1.29, 1.82) is 0 Å². The summed E-state index contributed by atoms with van der Waals surface area (Å²) in [6, 6.07) is 20.8. The summed E-state index contributed by atoms with van der Waals surface area (Å²) in [6.45, 7) is 4.06. The molecule has 138 valence electrons. The first-order valence-electron chi connectivity index (χ1n) is 9.47. The van der Waals surface area contributed by atoms with Gasteiger partial charge in [-0.1, -0.05) is 48.5 Å². The van der Waals surface area contributed by atoms with Gasteiger partial charge in [-0.05, 0) is 42.0 Å². The molecule has 1 aromatic heterocycles. The van der Waals surface area contributed by atoms with Crippen LogP contribution in [0.4, 0.5) is 5.69 Å². The molecule has 0 saturated carbocycles. The van der Waals surface area contributed by atoms with Gasteiger partial charge >= 0.3 is 0 Å². The summed E-state index contributed by atoms with van der Waals surface area (Å²) in [7, 11) is 0. The fourth-order valence-corrected chi connectivity index (χ4v) is 4.75. The van der Waals surface area contributed by atoms with E-state index in [4.69, 9.17) is 0 Å². The van der Waals surface area contributed by atoms with E-state index in [0.717, 1.165) is 36.3 Å². The third-order valence-electron chi connectivity index (χ3n) is 5.32. The third-order valence-corrected chi connectivity index (χ3v) is 6.31. The van der Waals surface area contributed by atoms with Gasteiger partial charge in [-0.2, -0.15) is 0 Å². The lowest BCUT2D eigenvalue weighted by molar-refractivity contribution is -0.116. The van der Waals surface area contributed by atoms with Crippen LogP contribution in [-0.2, 0) is 11.2 Å². The van der Waals surface area contributed by atoms with E-state index in [0.29, 0.717) is 12.5 Å². The van der Waals surface area contributed by atoms with Crippen molar-refractivity contribution in [3.63, 3.8) is 0 Å². The molecule has 3 nitrogen and oxygen atoms in total. The number of thiophene rings is 1. The van der Waals surface area contributed by atoms with Gasteiger partial charge in [0.1, 0.15) is 0 Å². The zero-order valence-electron chi connectivity index (χ0n) is 15.5. The van der Waals surface area contributed by atoms with Crippen LogP contribution in [0, 0.1) is 0 Å². The molecule has 1 aliphatic heterocycles. The Morgan fingerprint density at radius 2 is 1.89 bits per heavy atom. The second kappa shape index (κ2) is 8.07. The first-order valence-corrected chi connectivity index (χ1v) is 10.3. The Labute approximate surface area is 164 Å². The number of benzene rings is 2. The second-order valence-electron chi connectivity index (χ2n) is 6.97. The van der Waals surface area contributed by atoms with E-state index in [9.17, 15) is 4.79 Å². The van der Waals surface area contributed by atoms with Gasteiger partial charge in [0.2, 0.25) is 5.91 Å². The van der Waals surface area contributed by atoms with E-state index in [1.54, 1.807) is 0 Å². The zero-order valence-corrected chi connectivity index (χ0v) is 16.3. The summed E-state index contributed by atoms with van der Waals surface area (Å²) in [4.78, 5) is 16.5. The van der Waals surface area contributed by atoms with Crippen molar-refractivity contribution in [2.24, 2.45) is 0 Å². The molecule has 1 atom stereocenters. The number of anilines is 1. The van der Waals surface area contributed by atoms with Crippen molar-refractivity contribution in [3.8, 4) is 11.1 Å². The fraction of sp³-hybridized carbons (Fsp3) is 0.261. The lowest BCUT2D eigenvalue weighted by atomic mass is 10.0. The van der Waals surface area contributed by atoms with Crippen LogP contribution in [0.15, 0.2) is 66.0 Å². The lowest BCUT2D eigenvalue weighted by Gasteiger charge is -2.33. The maximum Gasteiger partial charge on any atom is 0.225 e. The van der Waals surface area contributed by atoms with Gasteiger partial charge in [-0.15, -0.1) is 11.3 Å². The van der Waals surface area contributed by atoms with Crippen LogP contribution in [0.5, 0.6) is 0 Å². The Kier molecular flexibility index (Phi) is 5.37. The van der Waals surface area contributed by atoms with Gasteiger partial charge < -0.3 is 5.32 Å². The molecule has 1 aliphatic rings. The molecule has 0 radical (unpaired) electrons. The first kappa shape index (κ1) is 18.0. The Morgan fingerprint density at radius 3 is 2.74 bits per heavy atom. The smallest absolute Gasteiger partial charge is 0.225 e. The predicted molar refractivity (Wildman–Crippen MR) is 113 cm³/mol. The minimum atomic E-state index is 0.0710. The Balaban J connectivity index is 1.40. The van der Waals surface area contributed by atoms with E-state index in [1.807, 2.05) is 47.7 Å². The number of hydrogen-bond acceptors (Lipinski definition) is 3. The van der Waals surface area contributed by atoms with Crippen molar-refractivity contribution >= 4 is 22.9 Å². The second-order valence-corrected chi connectivity index (χ2v) is 7.97. The summed E-state index contributed by atoms with van der Waals surface area (Å²) in [5.41, 5.74) is 4.48. The van der Waals surface area contributed by atoms with Crippen molar-refractivity contribution in [2.75, 3.05) is 18.4 Å². The molecule has 2 aromatic carbocycles. The fourth-order valence-electron chi connectivity index (χ4n) is 3.79. The number of rotatable bonds is 5. The van der Waals surface area contributed by atoms with E-state index in [1.165, 1.54) is 10.4 Å². The summed E-state index contributed by atoms with van der Waals surface area (Å²) in [6.07, 6.45) is 1.60. The molecule has 1 unspecified atom stereocenters. The van der Waals surface area contributed by atoms with Gasteiger partial charge in [0.25, 0.3) is 0 Å². The molecule has 4 rings (SSSR count). The van der Waals surface area contributed by atoms with Crippen molar-refractivity contribution < 1.29 is 4.79 Å². The molecule has 0 fully saturated rings. The minimum absolute atomic E-state index is 0.0710. The SMILES string of the molecule is CC1c2ccsc2CCN1CCC(=O)Nc1ccccc1-c1ccccc1. The van der Waals surface area contributed by atoms with Crippen LogP contribution in [0.25, 0.3) is 11.1 Å². The summed E-state index contributed by atoms with van der Waals surface area (Å²) < 4.78 is 0. The number of carbonyl (C=O) groups is 1. The van der Waals surface area contributed by atoms with Gasteiger partial charge in [0.15, 0.2) is 0 Å². The molecule has 1 N–H and O–H groups in total. The Bertz CT molecular complexity index is 919. The van der Waals surface area contributed by atoms with Crippen LogP contribution in [0.3, 0.4) is 0 Å². The van der Waals surface area contributed by atoms with Crippen LogP contribution < -0.4 is 5.32 Å². The number of amides is 1. The van der Waals surface area contributed by atoms with Crippen molar-refractivity contribution in [3.05, 3.63) is 76.5 Å². The quantitative estimate of drug-likeness (QED) is 0.650. The van der Waals surface area contributed by atoms with E-state index < -0.39 is 0 Å². The third kappa shape index (κ3) is 3.97. The normalized spacial score (nSPS) is 16.7. The average molecular weight is 377 g/mol. The molecule has 0 bridgehead atoms. The molecule has 0 spiro atoms. The molecule has 2 heterocycles. The number of hydrogen-bond donors (Lipinski definition) is 1. The largest absolute Gasteiger partial charge is 0.325 e. The van der Waals surface area contributed by atoms with Crippen LogP contribution in [0.2, 0.25) is 0 Å². The number of carbonyl (C=O) groups excluding carboxylic acids is 1. The molecule has 0 aliphatic carbocycles. The highest BCUT2D eigenvalue weighted by atomic mass is 32.1. The van der Waals surface area contributed by atoms with Gasteiger partial charge in [-0.25, -0.2) is 0 Å². The molecule has 1 amide bonds. The maximum absolute atomic E-state index is 12.6. The highest BCUT2D eigenvalue weighted by Gasteiger charge is 2.24. The van der Waals surface area contributed by atoms with Crippen LogP contribution >= 0.6 is 11.3 Å². The van der Waals surface area contributed by atoms with Crippen molar-refractivity contribution in [2.45, 2.75) is 25.8 Å². The van der Waals surface area contributed by atoms with Gasteiger partial charge in [0.05, 0.1) is 0 Å². The van der Waals surface area contributed by atoms with Gasteiger partial charge in [-0.3, -0.25) is 9.69 Å². The summed E-state index contributed by atoms with van der Waals surface area (Å²) >= 11 is 1.85. The van der Waals surface area contributed by atoms with Crippen LogP contribution in [0.1, 0.15) is 29.8 Å². The molecule has 27 heavy (non-hydrogen) atoms. The predicted octanol–water partition coefficient (Wildman–Crippen LogP) is 5.36. The molecule has 0 saturated heterocycles. The highest BCUT2D eigenvalue weighted by molar-refractivity contribution is 7.10. The summed E-state index contributed by atoms with van der Waals surface area (Å²) in [5.74, 6) is 0.0710. The molecular weight excluding hydrogens is 352 g/mol. The number of nitrogens with zero attached hydrogens (tertiary/aromatic N) is 1. The average Bonchev–Trinajstić information content (AvgIpc) is 3.18. The van der Waals surface area contributed by atoms with E-state index in [2.05, 4.69) is 46.8 Å². The molecular formula is C23H24N2OS. The number of para-hydroxylation sites is 1.